The van der Waals surface area contributed by atoms with E-state index in [-0.39, 0.29) is 7.43 Å². The second kappa shape index (κ2) is 3.41. The minimum atomic E-state index is 0. The Morgan fingerprint density at radius 2 is 1.10 bits per heavy atom. The summed E-state index contributed by atoms with van der Waals surface area (Å²) in [6, 6.07) is 0. The first-order chi connectivity index (χ1) is 4.13. The predicted octanol–water partition coefficient (Wildman–Crippen LogP) is 3.57. The van der Waals surface area contributed by atoms with Gasteiger partial charge in [-0.2, -0.15) is 0 Å². The van der Waals surface area contributed by atoms with Crippen LogP contribution in [0.3, 0.4) is 0 Å². The number of rotatable bonds is 0. The number of hydrogen-bond donors (Lipinski definition) is 0. The first-order valence-corrected chi connectivity index (χ1v) is 4.13. The molecule has 0 aliphatic heterocycles. The third-order valence-electron chi connectivity index (χ3n) is 3.37. The van der Waals surface area contributed by atoms with Gasteiger partial charge in [0.15, 0.2) is 0 Å². The van der Waals surface area contributed by atoms with Crippen molar-refractivity contribution < 1.29 is 0 Å². The van der Waals surface area contributed by atoms with E-state index < -0.39 is 0 Å². The number of hydrogen-bond acceptors (Lipinski definition) is 0. The van der Waals surface area contributed by atoms with Gasteiger partial charge in [-0.15, -0.1) is 0 Å². The predicted molar refractivity (Wildman–Crippen MR) is 48.0 cm³/mol. The van der Waals surface area contributed by atoms with E-state index in [2.05, 4.69) is 27.7 Å². The zero-order valence-corrected chi connectivity index (χ0v) is 7.02. The summed E-state index contributed by atoms with van der Waals surface area (Å²) in [5, 5.41) is 0. The van der Waals surface area contributed by atoms with E-state index in [4.69, 9.17) is 0 Å². The zero-order chi connectivity index (χ0) is 7.02. The van der Waals surface area contributed by atoms with Crippen molar-refractivity contribution in [3.63, 3.8) is 0 Å². The van der Waals surface area contributed by atoms with Crippen LogP contribution in [0.25, 0.3) is 0 Å². The summed E-state index contributed by atoms with van der Waals surface area (Å²) >= 11 is 0. The topological polar surface area (TPSA) is 0 Å². The lowest BCUT2D eigenvalue weighted by Gasteiger charge is -2.14. The van der Waals surface area contributed by atoms with E-state index in [0.717, 1.165) is 23.7 Å². The minimum Gasteiger partial charge on any atom is -0.0776 e. The van der Waals surface area contributed by atoms with Crippen LogP contribution in [-0.2, 0) is 0 Å². The summed E-state index contributed by atoms with van der Waals surface area (Å²) in [6.07, 6.45) is 1.45. The Kier molecular flexibility index (Phi) is 3.41. The summed E-state index contributed by atoms with van der Waals surface area (Å²) in [7, 11) is 0. The Morgan fingerprint density at radius 3 is 1.20 bits per heavy atom. The van der Waals surface area contributed by atoms with Crippen molar-refractivity contribution in [3.05, 3.63) is 0 Å². The van der Waals surface area contributed by atoms with E-state index in [1.807, 2.05) is 0 Å². The maximum Gasteiger partial charge on any atom is -0.0389 e. The molecule has 0 amide bonds. The van der Waals surface area contributed by atoms with Crippen LogP contribution in [0.15, 0.2) is 0 Å². The molecular formula is C10H22. The highest BCUT2D eigenvalue weighted by Crippen LogP contribution is 2.40. The lowest BCUT2D eigenvalue weighted by molar-refractivity contribution is 0.352. The summed E-state index contributed by atoms with van der Waals surface area (Å²) in [5.41, 5.74) is 0. The zero-order valence-electron chi connectivity index (χ0n) is 7.02. The average molecular weight is 142 g/mol. The van der Waals surface area contributed by atoms with E-state index in [0.29, 0.717) is 0 Å². The molecule has 62 valence electrons. The molecule has 0 heterocycles. The fourth-order valence-electron chi connectivity index (χ4n) is 2.05. The van der Waals surface area contributed by atoms with Crippen LogP contribution in [-0.4, -0.2) is 0 Å². The maximum atomic E-state index is 2.39. The second-order valence-electron chi connectivity index (χ2n) is 3.91. The molecule has 0 aromatic carbocycles. The van der Waals surface area contributed by atoms with E-state index >= 15 is 0 Å². The van der Waals surface area contributed by atoms with E-state index in [1.54, 1.807) is 0 Å². The molecule has 0 spiro atoms. The largest absolute Gasteiger partial charge is 0.0776 e. The normalized spacial score (nSPS) is 46.8. The van der Waals surface area contributed by atoms with Gasteiger partial charge >= 0.3 is 0 Å². The molecule has 1 aliphatic carbocycles. The van der Waals surface area contributed by atoms with Crippen LogP contribution in [0.1, 0.15) is 41.5 Å². The highest BCUT2D eigenvalue weighted by atomic mass is 14.4. The van der Waals surface area contributed by atoms with E-state index in [9.17, 15) is 0 Å². The molecule has 0 aromatic rings. The van der Waals surface area contributed by atoms with Gasteiger partial charge in [0.2, 0.25) is 0 Å². The summed E-state index contributed by atoms with van der Waals surface area (Å²) in [5.74, 6) is 3.85. The third kappa shape index (κ3) is 1.53. The third-order valence-corrected chi connectivity index (χ3v) is 3.37. The van der Waals surface area contributed by atoms with Crippen LogP contribution >= 0.6 is 0 Å². The lowest BCUT2D eigenvalue weighted by Crippen LogP contribution is -2.07. The Balaban J connectivity index is 0.000000810. The van der Waals surface area contributed by atoms with Crippen molar-refractivity contribution in [2.24, 2.45) is 23.7 Å². The van der Waals surface area contributed by atoms with Crippen molar-refractivity contribution in [2.45, 2.75) is 41.5 Å². The molecule has 0 aromatic heterocycles. The summed E-state index contributed by atoms with van der Waals surface area (Å²) < 4.78 is 0. The first kappa shape index (κ1) is 10.0. The average Bonchev–Trinajstić information content (AvgIpc) is 1.98. The molecule has 10 heavy (non-hydrogen) atoms. The van der Waals surface area contributed by atoms with Gasteiger partial charge in [-0.25, -0.2) is 0 Å². The molecule has 0 nitrogen and oxygen atoms in total. The molecular weight excluding hydrogens is 120 g/mol. The van der Waals surface area contributed by atoms with Gasteiger partial charge in [-0.3, -0.25) is 0 Å². The molecule has 1 saturated carbocycles. The quantitative estimate of drug-likeness (QED) is 0.485. The maximum absolute atomic E-state index is 2.39. The molecule has 0 bridgehead atoms. The van der Waals surface area contributed by atoms with Gasteiger partial charge in [-0.1, -0.05) is 35.1 Å². The van der Waals surface area contributed by atoms with Gasteiger partial charge in [0.25, 0.3) is 0 Å². The van der Waals surface area contributed by atoms with Gasteiger partial charge < -0.3 is 0 Å². The van der Waals surface area contributed by atoms with E-state index in [1.165, 1.54) is 6.42 Å². The fraction of sp³-hybridized carbons (Fsp3) is 1.00. The lowest BCUT2D eigenvalue weighted by atomic mass is 9.92. The Bertz CT molecular complexity index is 84.2. The molecule has 1 fully saturated rings. The van der Waals surface area contributed by atoms with Crippen molar-refractivity contribution in [1.82, 2.24) is 0 Å². The SMILES string of the molecule is C.CC1CC(C)C(C)C1C. The van der Waals surface area contributed by atoms with Gasteiger partial charge in [0.05, 0.1) is 0 Å². The molecule has 0 heteroatoms. The highest BCUT2D eigenvalue weighted by Gasteiger charge is 2.31. The molecule has 1 rings (SSSR count). The van der Waals surface area contributed by atoms with Crippen LogP contribution in [0.2, 0.25) is 0 Å². The van der Waals surface area contributed by atoms with Crippen molar-refractivity contribution in [1.29, 1.82) is 0 Å². The Hall–Kier alpha value is 0. The van der Waals surface area contributed by atoms with Crippen LogP contribution < -0.4 is 0 Å². The second-order valence-corrected chi connectivity index (χ2v) is 3.91. The first-order valence-electron chi connectivity index (χ1n) is 4.13. The molecule has 0 N–H and O–H groups in total. The monoisotopic (exact) mass is 142 g/mol. The standard InChI is InChI=1S/C9H18.CH4/c1-6-5-7(2)9(4)8(6)3;/h6-9H,5H2,1-4H3;1H4. The van der Waals surface area contributed by atoms with Gasteiger partial charge in [0, 0.05) is 0 Å². The molecule has 0 radical (unpaired) electrons. The summed E-state index contributed by atoms with van der Waals surface area (Å²) in [6.45, 7) is 9.53. The van der Waals surface area contributed by atoms with Crippen LogP contribution in [0.5, 0.6) is 0 Å². The Labute approximate surface area is 66.0 Å². The molecule has 4 unspecified atom stereocenters. The van der Waals surface area contributed by atoms with Crippen molar-refractivity contribution in [3.8, 4) is 0 Å². The highest BCUT2D eigenvalue weighted by molar-refractivity contribution is 4.81. The molecule has 1 aliphatic rings. The minimum absolute atomic E-state index is 0. The fourth-order valence-corrected chi connectivity index (χ4v) is 2.05. The Morgan fingerprint density at radius 1 is 0.800 bits per heavy atom. The van der Waals surface area contributed by atoms with Crippen molar-refractivity contribution in [2.75, 3.05) is 0 Å². The van der Waals surface area contributed by atoms with Gasteiger partial charge in [-0.05, 0) is 30.1 Å². The van der Waals surface area contributed by atoms with Crippen molar-refractivity contribution >= 4 is 0 Å². The summed E-state index contributed by atoms with van der Waals surface area (Å²) in [4.78, 5) is 0. The molecule has 4 atom stereocenters. The molecule has 0 saturated heterocycles. The van der Waals surface area contributed by atoms with Gasteiger partial charge in [0.1, 0.15) is 0 Å². The van der Waals surface area contributed by atoms with Crippen LogP contribution in [0.4, 0.5) is 0 Å². The smallest absolute Gasteiger partial charge is 0.0389 e. The van der Waals surface area contributed by atoms with Crippen LogP contribution in [0, 0.1) is 23.7 Å².